The SMILES string of the molecule is O=C(Cc1ccc(=O)[nH]c1)N1CCc2sccc2C1c1ccccc1. The van der Waals surface area contributed by atoms with Crippen LogP contribution in [0.25, 0.3) is 0 Å². The number of rotatable bonds is 3. The number of thiophene rings is 1. The molecule has 4 nitrogen and oxygen atoms in total. The van der Waals surface area contributed by atoms with E-state index in [0.29, 0.717) is 6.42 Å². The fourth-order valence-electron chi connectivity index (χ4n) is 3.41. The summed E-state index contributed by atoms with van der Waals surface area (Å²) in [4.78, 5) is 30.2. The number of nitrogens with zero attached hydrogens (tertiary/aromatic N) is 1. The summed E-state index contributed by atoms with van der Waals surface area (Å²) in [6.07, 6.45) is 2.81. The summed E-state index contributed by atoms with van der Waals surface area (Å²) in [5.41, 5.74) is 3.04. The number of nitrogens with one attached hydrogen (secondary N) is 1. The molecule has 0 spiro atoms. The zero-order valence-electron chi connectivity index (χ0n) is 13.6. The lowest BCUT2D eigenvalue weighted by molar-refractivity contribution is -0.132. The summed E-state index contributed by atoms with van der Waals surface area (Å²) in [5.74, 6) is 0.0813. The minimum absolute atomic E-state index is 0.0357. The van der Waals surface area contributed by atoms with E-state index in [4.69, 9.17) is 0 Å². The largest absolute Gasteiger partial charge is 0.331 e. The Labute approximate surface area is 149 Å². The second-order valence-corrected chi connectivity index (χ2v) is 7.19. The first-order valence-corrected chi connectivity index (χ1v) is 9.18. The summed E-state index contributed by atoms with van der Waals surface area (Å²) in [6.45, 7) is 0.718. The van der Waals surface area contributed by atoms with Gasteiger partial charge in [-0.25, -0.2) is 0 Å². The molecule has 3 aromatic rings. The average Bonchev–Trinajstić information content (AvgIpc) is 3.12. The summed E-state index contributed by atoms with van der Waals surface area (Å²) < 4.78 is 0. The van der Waals surface area contributed by atoms with E-state index in [9.17, 15) is 9.59 Å². The smallest absolute Gasteiger partial charge is 0.247 e. The van der Waals surface area contributed by atoms with Gasteiger partial charge >= 0.3 is 0 Å². The Morgan fingerprint density at radius 2 is 2.00 bits per heavy atom. The number of carbonyl (C=O) groups excluding carboxylic acids is 1. The maximum Gasteiger partial charge on any atom is 0.247 e. The Bertz CT molecular complexity index is 925. The van der Waals surface area contributed by atoms with Gasteiger partial charge in [0.2, 0.25) is 11.5 Å². The first-order chi connectivity index (χ1) is 12.2. The Kier molecular flexibility index (Phi) is 4.24. The zero-order valence-corrected chi connectivity index (χ0v) is 14.5. The lowest BCUT2D eigenvalue weighted by atomic mass is 9.93. The van der Waals surface area contributed by atoms with E-state index in [2.05, 4.69) is 28.6 Å². The molecule has 1 N–H and O–H groups in total. The van der Waals surface area contributed by atoms with Gasteiger partial charge in [0.05, 0.1) is 12.5 Å². The molecule has 1 unspecified atom stereocenters. The fourth-order valence-corrected chi connectivity index (χ4v) is 4.31. The molecule has 126 valence electrons. The number of hydrogen-bond acceptors (Lipinski definition) is 3. The molecule has 1 atom stereocenters. The van der Waals surface area contributed by atoms with E-state index in [1.807, 2.05) is 23.1 Å². The first-order valence-electron chi connectivity index (χ1n) is 8.30. The summed E-state index contributed by atoms with van der Waals surface area (Å²) in [5, 5.41) is 2.11. The quantitative estimate of drug-likeness (QED) is 0.789. The maximum atomic E-state index is 13.0. The number of H-pyrrole nitrogens is 1. The number of benzene rings is 1. The monoisotopic (exact) mass is 350 g/mol. The second kappa shape index (κ2) is 6.69. The number of pyridine rings is 1. The van der Waals surface area contributed by atoms with E-state index < -0.39 is 0 Å². The van der Waals surface area contributed by atoms with E-state index in [1.165, 1.54) is 16.5 Å². The van der Waals surface area contributed by atoms with Gasteiger partial charge in [-0.1, -0.05) is 36.4 Å². The predicted molar refractivity (Wildman–Crippen MR) is 98.8 cm³/mol. The van der Waals surface area contributed by atoms with E-state index in [0.717, 1.165) is 24.1 Å². The van der Waals surface area contributed by atoms with E-state index in [1.54, 1.807) is 23.6 Å². The number of carbonyl (C=O) groups is 1. The van der Waals surface area contributed by atoms with Crippen molar-refractivity contribution in [3.8, 4) is 0 Å². The van der Waals surface area contributed by atoms with Crippen LogP contribution < -0.4 is 5.56 Å². The molecule has 1 aliphatic heterocycles. The third-order valence-electron chi connectivity index (χ3n) is 4.61. The van der Waals surface area contributed by atoms with Crippen LogP contribution in [0, 0.1) is 0 Å². The molecular formula is C20H18N2O2S. The average molecular weight is 350 g/mol. The summed E-state index contributed by atoms with van der Waals surface area (Å²) in [7, 11) is 0. The normalized spacial score (nSPS) is 16.5. The molecule has 5 heteroatoms. The van der Waals surface area contributed by atoms with Crippen LogP contribution in [0.2, 0.25) is 0 Å². The Hall–Kier alpha value is -2.66. The predicted octanol–water partition coefficient (Wildman–Crippen LogP) is 3.15. The van der Waals surface area contributed by atoms with Crippen LogP contribution in [0.1, 0.15) is 27.6 Å². The van der Waals surface area contributed by atoms with Crippen LogP contribution in [-0.2, 0) is 17.6 Å². The van der Waals surface area contributed by atoms with Crippen molar-refractivity contribution in [3.05, 3.63) is 92.0 Å². The van der Waals surface area contributed by atoms with Crippen molar-refractivity contribution in [1.82, 2.24) is 9.88 Å². The lowest BCUT2D eigenvalue weighted by Gasteiger charge is -2.36. The molecule has 0 saturated carbocycles. The molecule has 1 aliphatic rings. The van der Waals surface area contributed by atoms with E-state index >= 15 is 0 Å². The topological polar surface area (TPSA) is 53.2 Å². The number of amides is 1. The van der Waals surface area contributed by atoms with Crippen LogP contribution in [0.3, 0.4) is 0 Å². The third-order valence-corrected chi connectivity index (χ3v) is 5.60. The van der Waals surface area contributed by atoms with Crippen molar-refractivity contribution < 1.29 is 4.79 Å². The highest BCUT2D eigenvalue weighted by Gasteiger charge is 2.32. The van der Waals surface area contributed by atoms with Crippen LogP contribution >= 0.6 is 11.3 Å². The van der Waals surface area contributed by atoms with Crippen LogP contribution in [-0.4, -0.2) is 22.3 Å². The van der Waals surface area contributed by atoms with Crippen LogP contribution in [0.5, 0.6) is 0 Å². The highest BCUT2D eigenvalue weighted by atomic mass is 32.1. The van der Waals surface area contributed by atoms with Gasteiger partial charge in [-0.05, 0) is 34.6 Å². The lowest BCUT2D eigenvalue weighted by Crippen LogP contribution is -2.40. The molecule has 0 saturated heterocycles. The van der Waals surface area contributed by atoms with Crippen molar-refractivity contribution in [2.45, 2.75) is 18.9 Å². The first kappa shape index (κ1) is 15.8. The van der Waals surface area contributed by atoms with Crippen molar-refractivity contribution in [2.24, 2.45) is 0 Å². The highest BCUT2D eigenvalue weighted by molar-refractivity contribution is 7.10. The van der Waals surface area contributed by atoms with Gasteiger partial charge in [-0.15, -0.1) is 11.3 Å². The second-order valence-electron chi connectivity index (χ2n) is 6.19. The summed E-state index contributed by atoms with van der Waals surface area (Å²) in [6, 6.07) is 15.5. The van der Waals surface area contributed by atoms with Crippen molar-refractivity contribution >= 4 is 17.2 Å². The molecule has 0 aliphatic carbocycles. The van der Waals surface area contributed by atoms with Crippen LogP contribution in [0.15, 0.2) is 64.9 Å². The van der Waals surface area contributed by atoms with Gasteiger partial charge in [-0.2, -0.15) is 0 Å². The minimum Gasteiger partial charge on any atom is -0.331 e. The number of hydrogen-bond donors (Lipinski definition) is 1. The molecule has 25 heavy (non-hydrogen) atoms. The third kappa shape index (κ3) is 3.15. The molecule has 0 radical (unpaired) electrons. The number of aromatic nitrogens is 1. The van der Waals surface area contributed by atoms with Gasteiger partial charge in [0.1, 0.15) is 0 Å². The molecule has 0 fully saturated rings. The van der Waals surface area contributed by atoms with Crippen molar-refractivity contribution in [1.29, 1.82) is 0 Å². The van der Waals surface area contributed by atoms with Gasteiger partial charge in [0.25, 0.3) is 0 Å². The Balaban J connectivity index is 1.66. The highest BCUT2D eigenvalue weighted by Crippen LogP contribution is 2.37. The van der Waals surface area contributed by atoms with Crippen molar-refractivity contribution in [2.75, 3.05) is 6.54 Å². The maximum absolute atomic E-state index is 13.0. The van der Waals surface area contributed by atoms with E-state index in [-0.39, 0.29) is 17.5 Å². The fraction of sp³-hybridized carbons (Fsp3) is 0.200. The molecular weight excluding hydrogens is 332 g/mol. The molecule has 4 rings (SSSR count). The van der Waals surface area contributed by atoms with Crippen LogP contribution in [0.4, 0.5) is 0 Å². The Morgan fingerprint density at radius 1 is 1.16 bits per heavy atom. The minimum atomic E-state index is -0.153. The molecule has 3 heterocycles. The van der Waals surface area contributed by atoms with Gasteiger partial charge in [0, 0.05) is 23.7 Å². The molecule has 1 amide bonds. The van der Waals surface area contributed by atoms with Gasteiger partial charge in [-0.3, -0.25) is 9.59 Å². The molecule has 1 aromatic carbocycles. The number of fused-ring (bicyclic) bond motifs is 1. The Morgan fingerprint density at radius 3 is 2.76 bits per heavy atom. The molecule has 2 aromatic heterocycles. The molecule has 0 bridgehead atoms. The zero-order chi connectivity index (χ0) is 17.2. The summed E-state index contributed by atoms with van der Waals surface area (Å²) >= 11 is 1.77. The van der Waals surface area contributed by atoms with Crippen molar-refractivity contribution in [3.63, 3.8) is 0 Å². The van der Waals surface area contributed by atoms with Gasteiger partial charge < -0.3 is 9.88 Å². The number of aromatic amines is 1. The van der Waals surface area contributed by atoms with Gasteiger partial charge in [0.15, 0.2) is 0 Å². The standard InChI is InChI=1S/C20H18N2O2S/c23-18-7-6-14(13-21-18)12-19(24)22-10-8-17-16(9-11-25-17)20(22)15-4-2-1-3-5-15/h1-7,9,11,13,20H,8,10,12H2,(H,21,23).